The molecule has 0 bridgehead atoms. The molecule has 1 aliphatic rings. The number of nitrogens with one attached hydrogen (secondary N) is 3. The van der Waals surface area contributed by atoms with Gasteiger partial charge in [-0.15, -0.1) is 0 Å². The molecule has 1 saturated carbocycles. The summed E-state index contributed by atoms with van der Waals surface area (Å²) in [5.41, 5.74) is 4.25. The first-order chi connectivity index (χ1) is 15.9. The van der Waals surface area contributed by atoms with Crippen LogP contribution in [0.4, 0.5) is 17.2 Å². The molecule has 0 atom stereocenters. The Morgan fingerprint density at radius 3 is 2.48 bits per heavy atom. The average molecular weight is 464 g/mol. The Kier molecular flexibility index (Phi) is 7.18. The van der Waals surface area contributed by atoms with E-state index in [9.17, 15) is 0 Å². The number of methoxy groups -OCH3 is 1. The molecule has 0 aliphatic heterocycles. The van der Waals surface area contributed by atoms with Crippen LogP contribution < -0.4 is 25.6 Å². The van der Waals surface area contributed by atoms with E-state index >= 15 is 0 Å². The second-order valence-corrected chi connectivity index (χ2v) is 9.34. The van der Waals surface area contributed by atoms with E-state index in [0.717, 1.165) is 54.0 Å². The van der Waals surface area contributed by atoms with Crippen LogP contribution in [0.1, 0.15) is 31.2 Å². The molecule has 4 rings (SSSR count). The van der Waals surface area contributed by atoms with Crippen LogP contribution in [0.15, 0.2) is 48.5 Å². The molecule has 2 aromatic carbocycles. The molecule has 0 radical (unpaired) electrons. The van der Waals surface area contributed by atoms with Crippen LogP contribution in [0.3, 0.4) is 0 Å². The van der Waals surface area contributed by atoms with E-state index in [-0.39, 0.29) is 0 Å². The second-order valence-electron chi connectivity index (χ2n) is 8.93. The van der Waals surface area contributed by atoms with Gasteiger partial charge in [0.15, 0.2) is 5.11 Å². The number of aromatic nitrogens is 1. The van der Waals surface area contributed by atoms with Crippen molar-refractivity contribution in [3.8, 4) is 5.75 Å². The molecule has 7 heteroatoms. The number of fused-ring (bicyclic) bond motifs is 1. The molecule has 1 aromatic heterocycles. The van der Waals surface area contributed by atoms with E-state index in [0.29, 0.717) is 17.2 Å². The summed E-state index contributed by atoms with van der Waals surface area (Å²) in [6, 6.07) is 17.3. The third kappa shape index (κ3) is 5.66. The highest BCUT2D eigenvalue weighted by molar-refractivity contribution is 7.80. The van der Waals surface area contributed by atoms with Gasteiger partial charge in [0, 0.05) is 43.3 Å². The molecule has 3 aromatic rings. The first kappa shape index (κ1) is 23.1. The van der Waals surface area contributed by atoms with Crippen LogP contribution in [0, 0.1) is 6.92 Å². The van der Waals surface area contributed by atoms with Crippen molar-refractivity contribution in [2.45, 2.75) is 44.7 Å². The van der Waals surface area contributed by atoms with E-state index in [4.69, 9.17) is 21.9 Å². The van der Waals surface area contributed by atoms with Gasteiger partial charge in [0.05, 0.1) is 18.3 Å². The van der Waals surface area contributed by atoms with Crippen molar-refractivity contribution in [1.82, 2.24) is 10.3 Å². The summed E-state index contributed by atoms with van der Waals surface area (Å²) in [5, 5.41) is 12.3. The number of nitrogens with zero attached hydrogens (tertiary/aromatic N) is 2. The quantitative estimate of drug-likeness (QED) is 0.427. The molecule has 33 heavy (non-hydrogen) atoms. The molecule has 0 spiro atoms. The number of anilines is 3. The number of pyridine rings is 1. The normalized spacial score (nSPS) is 17.9. The van der Waals surface area contributed by atoms with Crippen LogP contribution in [0.5, 0.6) is 5.75 Å². The van der Waals surface area contributed by atoms with Crippen LogP contribution in [-0.2, 0) is 0 Å². The SMILES string of the molecule is COc1ccc(C)cc1NC(=S)N[C@H]1CC[C@@H](Nc2cc(N(C)C)c3ccccc3n2)CC1. The van der Waals surface area contributed by atoms with Crippen molar-refractivity contribution >= 4 is 45.4 Å². The summed E-state index contributed by atoms with van der Waals surface area (Å²) in [5.74, 6) is 1.73. The Morgan fingerprint density at radius 2 is 1.76 bits per heavy atom. The lowest BCUT2D eigenvalue weighted by molar-refractivity contribution is 0.388. The summed E-state index contributed by atoms with van der Waals surface area (Å²) in [6.45, 7) is 2.06. The lowest BCUT2D eigenvalue weighted by Gasteiger charge is -2.31. The van der Waals surface area contributed by atoms with Crippen LogP contribution >= 0.6 is 12.2 Å². The standard InChI is InChI=1S/C26H33N5OS/c1-17-9-14-24(32-4)22(15-17)30-26(33)28-19-12-10-18(11-13-19)27-25-16-23(31(2)3)20-7-5-6-8-21(20)29-25/h5-9,14-16,18-19H,10-13H2,1-4H3,(H,27,29)(H2,28,30,33)/t18-,19+. The molecule has 0 saturated heterocycles. The van der Waals surface area contributed by atoms with E-state index < -0.39 is 0 Å². The highest BCUT2D eigenvalue weighted by Crippen LogP contribution is 2.29. The largest absolute Gasteiger partial charge is 0.495 e. The Labute approximate surface area is 201 Å². The molecule has 1 heterocycles. The summed E-state index contributed by atoms with van der Waals surface area (Å²) in [6.07, 6.45) is 4.25. The monoisotopic (exact) mass is 463 g/mol. The molecule has 3 N–H and O–H groups in total. The first-order valence-electron chi connectivity index (χ1n) is 11.5. The molecule has 1 fully saturated rings. The minimum absolute atomic E-state index is 0.362. The van der Waals surface area contributed by atoms with E-state index in [1.54, 1.807) is 7.11 Å². The van der Waals surface area contributed by atoms with Crippen molar-refractivity contribution in [2.75, 3.05) is 36.7 Å². The lowest BCUT2D eigenvalue weighted by Crippen LogP contribution is -2.42. The molecule has 0 unspecified atom stereocenters. The first-order valence-corrected chi connectivity index (χ1v) is 11.9. The lowest BCUT2D eigenvalue weighted by atomic mass is 9.91. The van der Waals surface area contributed by atoms with Crippen LogP contribution in [0.25, 0.3) is 10.9 Å². The topological polar surface area (TPSA) is 61.5 Å². The maximum atomic E-state index is 5.58. The number of thiocarbonyl (C=S) groups is 1. The third-order valence-electron chi connectivity index (χ3n) is 6.19. The van der Waals surface area contributed by atoms with Crippen molar-refractivity contribution in [1.29, 1.82) is 0 Å². The third-order valence-corrected chi connectivity index (χ3v) is 6.41. The average Bonchev–Trinajstić information content (AvgIpc) is 2.80. The summed E-state index contributed by atoms with van der Waals surface area (Å²) in [4.78, 5) is 7.00. The van der Waals surface area contributed by atoms with Crippen molar-refractivity contribution in [3.05, 3.63) is 54.1 Å². The number of aryl methyl sites for hydroxylation is 1. The molecular weight excluding hydrogens is 430 g/mol. The number of hydrogen-bond donors (Lipinski definition) is 3. The Hall–Kier alpha value is -3.06. The van der Waals surface area contributed by atoms with Crippen LogP contribution in [0.2, 0.25) is 0 Å². The van der Waals surface area contributed by atoms with Gasteiger partial charge in [0.1, 0.15) is 11.6 Å². The van der Waals surface area contributed by atoms with E-state index in [1.165, 1.54) is 11.1 Å². The minimum Gasteiger partial charge on any atom is -0.495 e. The van der Waals surface area contributed by atoms with Gasteiger partial charge in [-0.1, -0.05) is 24.3 Å². The fourth-order valence-corrected chi connectivity index (χ4v) is 4.73. The predicted molar refractivity (Wildman–Crippen MR) is 143 cm³/mol. The van der Waals surface area contributed by atoms with Gasteiger partial charge in [-0.3, -0.25) is 0 Å². The van der Waals surface area contributed by atoms with Gasteiger partial charge in [-0.05, 0) is 68.6 Å². The van der Waals surface area contributed by atoms with Gasteiger partial charge in [-0.2, -0.15) is 0 Å². The number of ether oxygens (including phenoxy) is 1. The highest BCUT2D eigenvalue weighted by Gasteiger charge is 2.22. The fourth-order valence-electron chi connectivity index (χ4n) is 4.46. The van der Waals surface area contributed by atoms with Gasteiger partial charge in [-0.25, -0.2) is 4.98 Å². The number of rotatable bonds is 6. The zero-order valence-electron chi connectivity index (χ0n) is 19.8. The van der Waals surface area contributed by atoms with Crippen molar-refractivity contribution < 1.29 is 4.74 Å². The van der Waals surface area contributed by atoms with Crippen molar-refractivity contribution in [3.63, 3.8) is 0 Å². The molecule has 174 valence electrons. The zero-order chi connectivity index (χ0) is 23.4. The number of para-hydroxylation sites is 1. The molecule has 0 amide bonds. The predicted octanol–water partition coefficient (Wildman–Crippen LogP) is 5.33. The van der Waals surface area contributed by atoms with Gasteiger partial charge in [0.2, 0.25) is 0 Å². The maximum absolute atomic E-state index is 5.58. The van der Waals surface area contributed by atoms with Gasteiger partial charge < -0.3 is 25.6 Å². The Balaban J connectivity index is 1.33. The molecule has 1 aliphatic carbocycles. The Morgan fingerprint density at radius 1 is 1.03 bits per heavy atom. The highest BCUT2D eigenvalue weighted by atomic mass is 32.1. The smallest absolute Gasteiger partial charge is 0.171 e. The van der Waals surface area contributed by atoms with E-state index in [2.05, 4.69) is 66.1 Å². The van der Waals surface area contributed by atoms with Crippen molar-refractivity contribution in [2.24, 2.45) is 0 Å². The zero-order valence-corrected chi connectivity index (χ0v) is 20.6. The summed E-state index contributed by atoms with van der Waals surface area (Å²) < 4.78 is 5.44. The number of hydrogen-bond acceptors (Lipinski definition) is 5. The number of benzene rings is 2. The van der Waals surface area contributed by atoms with E-state index in [1.807, 2.05) is 24.3 Å². The molecular formula is C26H33N5OS. The summed E-state index contributed by atoms with van der Waals surface area (Å²) in [7, 11) is 5.82. The minimum atomic E-state index is 0.362. The molecule has 6 nitrogen and oxygen atoms in total. The maximum Gasteiger partial charge on any atom is 0.171 e. The van der Waals surface area contributed by atoms with Crippen LogP contribution in [-0.4, -0.2) is 43.4 Å². The fraction of sp³-hybridized carbons (Fsp3) is 0.385. The van der Waals surface area contributed by atoms with Gasteiger partial charge >= 0.3 is 0 Å². The summed E-state index contributed by atoms with van der Waals surface area (Å²) >= 11 is 5.58. The second kappa shape index (κ2) is 10.3. The Bertz CT molecular complexity index is 1120. The van der Waals surface area contributed by atoms with Gasteiger partial charge in [0.25, 0.3) is 0 Å².